The number of benzene rings is 1. The van der Waals surface area contributed by atoms with Gasteiger partial charge in [0.1, 0.15) is 0 Å². The molecule has 0 bridgehead atoms. The Labute approximate surface area is 123 Å². The van der Waals surface area contributed by atoms with Crippen molar-refractivity contribution in [2.24, 2.45) is 5.41 Å². The normalized spacial score (nSPS) is 24.1. The molecule has 2 rings (SSSR count). The van der Waals surface area contributed by atoms with Crippen molar-refractivity contribution in [2.75, 3.05) is 13.1 Å². The van der Waals surface area contributed by atoms with E-state index in [1.54, 1.807) is 0 Å². The van der Waals surface area contributed by atoms with Crippen LogP contribution >= 0.6 is 0 Å². The second-order valence-corrected chi connectivity index (χ2v) is 6.79. The van der Waals surface area contributed by atoms with Crippen LogP contribution in [0.15, 0.2) is 24.3 Å². The van der Waals surface area contributed by atoms with Gasteiger partial charge in [0, 0.05) is 13.1 Å². The number of ether oxygens (including phenoxy) is 1. The summed E-state index contributed by atoms with van der Waals surface area (Å²) in [5.41, 5.74) is 0.323. The van der Waals surface area contributed by atoms with Crippen LogP contribution in [-0.2, 0) is 10.9 Å². The van der Waals surface area contributed by atoms with Crippen molar-refractivity contribution >= 4 is 0 Å². The Balaban J connectivity index is 2.04. The van der Waals surface area contributed by atoms with Gasteiger partial charge in [-0.25, -0.2) is 0 Å². The van der Waals surface area contributed by atoms with E-state index in [2.05, 4.69) is 26.1 Å². The maximum Gasteiger partial charge on any atom is 0.416 e. The summed E-state index contributed by atoms with van der Waals surface area (Å²) in [6.45, 7) is 7.87. The second-order valence-electron chi connectivity index (χ2n) is 6.79. The number of hydrogen-bond acceptors (Lipinski definition) is 2. The van der Waals surface area contributed by atoms with Gasteiger partial charge in [0.2, 0.25) is 0 Å². The van der Waals surface area contributed by atoms with Crippen LogP contribution in [0.3, 0.4) is 0 Å². The van der Waals surface area contributed by atoms with Crippen molar-refractivity contribution in [2.45, 2.75) is 45.6 Å². The lowest BCUT2D eigenvalue weighted by Crippen LogP contribution is -2.42. The highest BCUT2D eigenvalue weighted by molar-refractivity contribution is 5.26. The summed E-state index contributed by atoms with van der Waals surface area (Å²) >= 11 is 0. The van der Waals surface area contributed by atoms with Crippen molar-refractivity contribution < 1.29 is 17.9 Å². The third kappa shape index (κ3) is 4.71. The van der Waals surface area contributed by atoms with E-state index in [0.717, 1.165) is 30.7 Å². The second kappa shape index (κ2) is 5.97. The molecule has 2 unspecified atom stereocenters. The highest BCUT2D eigenvalue weighted by Crippen LogP contribution is 2.32. The Bertz CT molecular complexity index is 462. The van der Waals surface area contributed by atoms with E-state index >= 15 is 0 Å². The molecule has 1 N–H and O–H groups in total. The lowest BCUT2D eigenvalue weighted by Gasteiger charge is -2.34. The number of alkyl halides is 3. The van der Waals surface area contributed by atoms with Crippen LogP contribution in [0.1, 0.15) is 44.4 Å². The fraction of sp³-hybridized carbons (Fsp3) is 0.625. The van der Waals surface area contributed by atoms with Crippen molar-refractivity contribution in [1.82, 2.24) is 5.32 Å². The summed E-state index contributed by atoms with van der Waals surface area (Å²) in [5.74, 6) is 0. The summed E-state index contributed by atoms with van der Waals surface area (Å²) in [6.07, 6.45) is -3.48. The highest BCUT2D eigenvalue weighted by Gasteiger charge is 2.31. The number of nitrogens with one attached hydrogen (secondary N) is 1. The quantitative estimate of drug-likeness (QED) is 0.885. The molecule has 0 aromatic heterocycles. The third-order valence-corrected chi connectivity index (χ3v) is 3.51. The van der Waals surface area contributed by atoms with Gasteiger partial charge in [-0.15, -0.1) is 0 Å². The van der Waals surface area contributed by atoms with Crippen LogP contribution in [0.5, 0.6) is 0 Å². The molecule has 118 valence electrons. The molecule has 21 heavy (non-hydrogen) atoms. The Morgan fingerprint density at radius 3 is 2.24 bits per heavy atom. The van der Waals surface area contributed by atoms with Gasteiger partial charge in [0.05, 0.1) is 17.8 Å². The SMILES string of the molecule is CC(C)(C)CC1CNCC(c2ccc(C(F)(F)F)cc2)O1. The van der Waals surface area contributed by atoms with Crippen LogP contribution in [0.25, 0.3) is 0 Å². The minimum atomic E-state index is -4.29. The fourth-order valence-corrected chi connectivity index (χ4v) is 2.59. The number of halogens is 3. The Morgan fingerprint density at radius 2 is 1.71 bits per heavy atom. The summed E-state index contributed by atoms with van der Waals surface area (Å²) in [4.78, 5) is 0. The first-order chi connectivity index (χ1) is 9.65. The molecule has 0 radical (unpaired) electrons. The lowest BCUT2D eigenvalue weighted by molar-refractivity contribution is -0.137. The molecule has 2 nitrogen and oxygen atoms in total. The monoisotopic (exact) mass is 301 g/mol. The van der Waals surface area contributed by atoms with E-state index in [1.807, 2.05) is 0 Å². The van der Waals surface area contributed by atoms with E-state index in [0.29, 0.717) is 6.54 Å². The summed E-state index contributed by atoms with van der Waals surface area (Å²) in [6, 6.07) is 5.25. The number of morpholine rings is 1. The summed E-state index contributed by atoms with van der Waals surface area (Å²) in [7, 11) is 0. The molecule has 0 amide bonds. The molecule has 1 saturated heterocycles. The van der Waals surface area contributed by atoms with Gasteiger partial charge in [-0.2, -0.15) is 13.2 Å². The fourth-order valence-electron chi connectivity index (χ4n) is 2.59. The third-order valence-electron chi connectivity index (χ3n) is 3.51. The largest absolute Gasteiger partial charge is 0.416 e. The van der Waals surface area contributed by atoms with Gasteiger partial charge < -0.3 is 10.1 Å². The molecule has 0 aliphatic carbocycles. The van der Waals surface area contributed by atoms with Crippen molar-refractivity contribution in [1.29, 1.82) is 0 Å². The van der Waals surface area contributed by atoms with Crippen LogP contribution < -0.4 is 5.32 Å². The first kappa shape index (κ1) is 16.3. The molecule has 5 heteroatoms. The Kier molecular flexibility index (Phi) is 4.63. The van der Waals surface area contributed by atoms with Gasteiger partial charge >= 0.3 is 6.18 Å². The topological polar surface area (TPSA) is 21.3 Å². The molecule has 0 spiro atoms. The van der Waals surface area contributed by atoms with Gasteiger partial charge in [-0.1, -0.05) is 32.9 Å². The van der Waals surface area contributed by atoms with Crippen LogP contribution in [-0.4, -0.2) is 19.2 Å². The van der Waals surface area contributed by atoms with Gasteiger partial charge in [-0.05, 0) is 29.5 Å². The molecular weight excluding hydrogens is 279 g/mol. The van der Waals surface area contributed by atoms with Gasteiger partial charge in [0.25, 0.3) is 0 Å². The summed E-state index contributed by atoms with van der Waals surface area (Å²) < 4.78 is 43.7. The van der Waals surface area contributed by atoms with Gasteiger partial charge in [-0.3, -0.25) is 0 Å². The average molecular weight is 301 g/mol. The Morgan fingerprint density at radius 1 is 1.10 bits per heavy atom. The predicted molar refractivity (Wildman–Crippen MR) is 76.0 cm³/mol. The zero-order valence-electron chi connectivity index (χ0n) is 12.6. The zero-order chi connectivity index (χ0) is 15.7. The van der Waals surface area contributed by atoms with E-state index < -0.39 is 11.7 Å². The van der Waals surface area contributed by atoms with E-state index in [1.165, 1.54) is 12.1 Å². The predicted octanol–water partition coefficient (Wildman–Crippen LogP) is 4.17. The molecule has 1 fully saturated rings. The molecule has 1 aliphatic heterocycles. The minimum Gasteiger partial charge on any atom is -0.368 e. The minimum absolute atomic E-state index is 0.0889. The molecule has 1 aromatic rings. The van der Waals surface area contributed by atoms with E-state index in [4.69, 9.17) is 4.74 Å². The van der Waals surface area contributed by atoms with Crippen LogP contribution in [0, 0.1) is 5.41 Å². The molecular formula is C16H22F3NO. The average Bonchev–Trinajstić information content (AvgIpc) is 2.36. The van der Waals surface area contributed by atoms with Crippen molar-refractivity contribution in [3.63, 3.8) is 0 Å². The first-order valence-corrected chi connectivity index (χ1v) is 7.18. The maximum atomic E-state index is 12.6. The lowest BCUT2D eigenvalue weighted by atomic mass is 9.88. The van der Waals surface area contributed by atoms with Crippen molar-refractivity contribution in [3.05, 3.63) is 35.4 Å². The summed E-state index contributed by atoms with van der Waals surface area (Å²) in [5, 5.41) is 3.30. The van der Waals surface area contributed by atoms with E-state index in [-0.39, 0.29) is 17.6 Å². The smallest absolute Gasteiger partial charge is 0.368 e. The molecule has 1 aliphatic rings. The molecule has 1 heterocycles. The number of hydrogen-bond donors (Lipinski definition) is 1. The van der Waals surface area contributed by atoms with Gasteiger partial charge in [0.15, 0.2) is 0 Å². The Hall–Kier alpha value is -1.07. The van der Waals surface area contributed by atoms with E-state index in [9.17, 15) is 13.2 Å². The highest BCUT2D eigenvalue weighted by atomic mass is 19.4. The van der Waals surface area contributed by atoms with Crippen LogP contribution in [0.4, 0.5) is 13.2 Å². The molecule has 0 saturated carbocycles. The maximum absolute atomic E-state index is 12.6. The zero-order valence-corrected chi connectivity index (χ0v) is 12.6. The number of rotatable bonds is 2. The first-order valence-electron chi connectivity index (χ1n) is 7.18. The standard InChI is InChI=1S/C16H22F3NO/c1-15(2,3)8-13-9-20-10-14(21-13)11-4-6-12(7-5-11)16(17,18)19/h4-7,13-14,20H,8-10H2,1-3H3. The van der Waals surface area contributed by atoms with Crippen LogP contribution in [0.2, 0.25) is 0 Å². The molecule has 2 atom stereocenters. The van der Waals surface area contributed by atoms with Crippen molar-refractivity contribution in [3.8, 4) is 0 Å². The molecule has 1 aromatic carbocycles.